The monoisotopic (exact) mass is 250 g/mol. The summed E-state index contributed by atoms with van der Waals surface area (Å²) in [6.07, 6.45) is 11.9. The molecule has 3 nitrogen and oxygen atoms in total. The Hall–Kier alpha value is -0.570. The van der Waals surface area contributed by atoms with Gasteiger partial charge in [0.25, 0.3) is 0 Å². The van der Waals surface area contributed by atoms with Crippen molar-refractivity contribution < 1.29 is 4.79 Å². The van der Waals surface area contributed by atoms with E-state index in [0.29, 0.717) is 18.0 Å². The Morgan fingerprint density at radius 2 is 1.78 bits per heavy atom. The second-order valence-corrected chi connectivity index (χ2v) is 6.64. The van der Waals surface area contributed by atoms with E-state index in [2.05, 4.69) is 10.6 Å². The van der Waals surface area contributed by atoms with Crippen LogP contribution in [0.4, 0.5) is 0 Å². The van der Waals surface area contributed by atoms with Gasteiger partial charge in [-0.1, -0.05) is 19.3 Å². The molecule has 0 saturated heterocycles. The van der Waals surface area contributed by atoms with Crippen molar-refractivity contribution in [1.82, 2.24) is 10.6 Å². The Labute approximate surface area is 110 Å². The van der Waals surface area contributed by atoms with E-state index in [0.717, 1.165) is 12.5 Å². The third-order valence-electron chi connectivity index (χ3n) is 5.07. The third kappa shape index (κ3) is 3.05. The Balaban J connectivity index is 1.31. The molecule has 2 N–H and O–H groups in total. The zero-order valence-corrected chi connectivity index (χ0v) is 11.3. The summed E-state index contributed by atoms with van der Waals surface area (Å²) in [4.78, 5) is 11.8. The second kappa shape index (κ2) is 5.20. The van der Waals surface area contributed by atoms with Gasteiger partial charge in [-0.2, -0.15) is 0 Å². The fourth-order valence-corrected chi connectivity index (χ4v) is 3.54. The summed E-state index contributed by atoms with van der Waals surface area (Å²) >= 11 is 0. The highest BCUT2D eigenvalue weighted by Crippen LogP contribution is 2.60. The lowest BCUT2D eigenvalue weighted by Crippen LogP contribution is -2.42. The standard InChI is InChI=1S/C15H26N2O/c18-14(17-13-4-2-1-3-5-13)10-16-11-15(8-9-15)12-6-7-12/h12-13,16H,1-11H2,(H,17,18). The van der Waals surface area contributed by atoms with Gasteiger partial charge in [-0.25, -0.2) is 0 Å². The lowest BCUT2D eigenvalue weighted by molar-refractivity contribution is -0.121. The summed E-state index contributed by atoms with van der Waals surface area (Å²) in [5.41, 5.74) is 0.602. The van der Waals surface area contributed by atoms with Crippen LogP contribution in [0.15, 0.2) is 0 Å². The summed E-state index contributed by atoms with van der Waals surface area (Å²) < 4.78 is 0. The first-order chi connectivity index (χ1) is 8.78. The maximum absolute atomic E-state index is 11.8. The summed E-state index contributed by atoms with van der Waals surface area (Å²) in [5, 5.41) is 6.56. The van der Waals surface area contributed by atoms with Gasteiger partial charge in [0.2, 0.25) is 5.91 Å². The normalized spacial score (nSPS) is 26.9. The maximum Gasteiger partial charge on any atom is 0.234 e. The largest absolute Gasteiger partial charge is 0.352 e. The van der Waals surface area contributed by atoms with Crippen LogP contribution in [-0.4, -0.2) is 25.0 Å². The average Bonchev–Trinajstić information content (AvgIpc) is 3.24. The molecule has 3 saturated carbocycles. The molecule has 0 aromatic carbocycles. The second-order valence-electron chi connectivity index (χ2n) is 6.64. The smallest absolute Gasteiger partial charge is 0.234 e. The number of amides is 1. The molecule has 0 aliphatic heterocycles. The number of carbonyl (C=O) groups is 1. The van der Waals surface area contributed by atoms with Gasteiger partial charge in [0.15, 0.2) is 0 Å². The SMILES string of the molecule is O=C(CNCC1(C2CC2)CC1)NC1CCCCC1. The molecule has 0 spiro atoms. The van der Waals surface area contributed by atoms with Gasteiger partial charge in [-0.3, -0.25) is 4.79 Å². The molecule has 0 aromatic rings. The average molecular weight is 250 g/mol. The number of nitrogens with one attached hydrogen (secondary N) is 2. The molecule has 3 heteroatoms. The topological polar surface area (TPSA) is 41.1 Å². The fourth-order valence-electron chi connectivity index (χ4n) is 3.54. The number of rotatable bonds is 6. The van der Waals surface area contributed by atoms with Gasteiger partial charge >= 0.3 is 0 Å². The minimum Gasteiger partial charge on any atom is -0.352 e. The summed E-state index contributed by atoms with van der Waals surface area (Å²) in [5.74, 6) is 1.18. The van der Waals surface area contributed by atoms with Crippen molar-refractivity contribution in [2.24, 2.45) is 11.3 Å². The number of carbonyl (C=O) groups excluding carboxylic acids is 1. The van der Waals surface area contributed by atoms with E-state index >= 15 is 0 Å². The first-order valence-corrected chi connectivity index (χ1v) is 7.79. The van der Waals surface area contributed by atoms with E-state index in [4.69, 9.17) is 0 Å². The Morgan fingerprint density at radius 3 is 2.39 bits per heavy atom. The van der Waals surface area contributed by atoms with E-state index < -0.39 is 0 Å². The number of hydrogen-bond donors (Lipinski definition) is 2. The summed E-state index contributed by atoms with van der Waals surface area (Å²) in [6, 6.07) is 0.450. The van der Waals surface area contributed by atoms with E-state index in [1.165, 1.54) is 57.8 Å². The molecule has 0 heterocycles. The molecule has 3 fully saturated rings. The van der Waals surface area contributed by atoms with Crippen molar-refractivity contribution in [2.45, 2.75) is 63.8 Å². The summed E-state index contributed by atoms with van der Waals surface area (Å²) in [6.45, 7) is 1.58. The molecule has 0 bridgehead atoms. The van der Waals surface area contributed by atoms with Crippen LogP contribution in [0.2, 0.25) is 0 Å². The molecule has 3 rings (SSSR count). The van der Waals surface area contributed by atoms with Gasteiger partial charge in [0.05, 0.1) is 6.54 Å². The molecule has 3 aliphatic rings. The van der Waals surface area contributed by atoms with Crippen LogP contribution in [0.5, 0.6) is 0 Å². The Bertz CT molecular complexity index is 302. The van der Waals surface area contributed by atoms with Crippen molar-refractivity contribution in [3.8, 4) is 0 Å². The van der Waals surface area contributed by atoms with Crippen molar-refractivity contribution >= 4 is 5.91 Å². The van der Waals surface area contributed by atoms with Crippen LogP contribution >= 0.6 is 0 Å². The molecule has 1 amide bonds. The Morgan fingerprint density at radius 1 is 1.06 bits per heavy atom. The van der Waals surface area contributed by atoms with Crippen LogP contribution in [0, 0.1) is 11.3 Å². The van der Waals surface area contributed by atoms with Crippen LogP contribution in [0.25, 0.3) is 0 Å². The van der Waals surface area contributed by atoms with Crippen molar-refractivity contribution in [3.63, 3.8) is 0 Å². The molecule has 0 radical (unpaired) electrons. The first-order valence-electron chi connectivity index (χ1n) is 7.79. The van der Waals surface area contributed by atoms with Gasteiger partial charge in [0, 0.05) is 12.6 Å². The van der Waals surface area contributed by atoms with Crippen molar-refractivity contribution in [1.29, 1.82) is 0 Å². The lowest BCUT2D eigenvalue weighted by atomic mass is 9.95. The molecular formula is C15H26N2O. The van der Waals surface area contributed by atoms with E-state index in [1.54, 1.807) is 0 Å². The maximum atomic E-state index is 11.8. The van der Waals surface area contributed by atoms with Gasteiger partial charge < -0.3 is 10.6 Å². The van der Waals surface area contributed by atoms with Gasteiger partial charge in [0.1, 0.15) is 0 Å². The molecular weight excluding hydrogens is 224 g/mol. The van der Waals surface area contributed by atoms with Crippen LogP contribution < -0.4 is 10.6 Å². The van der Waals surface area contributed by atoms with Crippen molar-refractivity contribution in [3.05, 3.63) is 0 Å². The molecule has 0 aromatic heterocycles. The molecule has 0 unspecified atom stereocenters. The van der Waals surface area contributed by atoms with Crippen LogP contribution in [0.1, 0.15) is 57.8 Å². The molecule has 18 heavy (non-hydrogen) atoms. The zero-order chi connectivity index (χ0) is 12.4. The predicted molar refractivity (Wildman–Crippen MR) is 72.3 cm³/mol. The van der Waals surface area contributed by atoms with Crippen molar-refractivity contribution in [2.75, 3.05) is 13.1 Å². The molecule has 0 atom stereocenters. The summed E-state index contributed by atoms with van der Waals surface area (Å²) in [7, 11) is 0. The fraction of sp³-hybridized carbons (Fsp3) is 0.933. The minimum atomic E-state index is 0.202. The van der Waals surface area contributed by atoms with Crippen LogP contribution in [-0.2, 0) is 4.79 Å². The quantitative estimate of drug-likeness (QED) is 0.759. The van der Waals surface area contributed by atoms with Gasteiger partial charge in [-0.05, 0) is 49.9 Å². The van der Waals surface area contributed by atoms with E-state index in [-0.39, 0.29) is 5.91 Å². The highest BCUT2D eigenvalue weighted by atomic mass is 16.1. The first kappa shape index (κ1) is 12.5. The third-order valence-corrected chi connectivity index (χ3v) is 5.07. The van der Waals surface area contributed by atoms with Crippen LogP contribution in [0.3, 0.4) is 0 Å². The highest BCUT2D eigenvalue weighted by Gasteiger charge is 2.53. The van der Waals surface area contributed by atoms with Gasteiger partial charge in [-0.15, -0.1) is 0 Å². The minimum absolute atomic E-state index is 0.202. The highest BCUT2D eigenvalue weighted by molar-refractivity contribution is 5.78. The molecule has 102 valence electrons. The number of hydrogen-bond acceptors (Lipinski definition) is 2. The predicted octanol–water partition coefficient (Wildman–Crippen LogP) is 2.22. The Kier molecular flexibility index (Phi) is 3.60. The van der Waals surface area contributed by atoms with E-state index in [9.17, 15) is 4.79 Å². The molecule has 3 aliphatic carbocycles. The van der Waals surface area contributed by atoms with E-state index in [1.807, 2.05) is 0 Å². The lowest BCUT2D eigenvalue weighted by Gasteiger charge is -2.23. The zero-order valence-electron chi connectivity index (χ0n) is 11.3.